The zero-order chi connectivity index (χ0) is 12.3. The van der Waals surface area contributed by atoms with E-state index in [0.29, 0.717) is 0 Å². The molecule has 1 aromatic carbocycles. The van der Waals surface area contributed by atoms with E-state index in [-0.39, 0.29) is 0 Å². The lowest BCUT2D eigenvalue weighted by atomic mass is 9.99. The van der Waals surface area contributed by atoms with Crippen molar-refractivity contribution in [2.75, 3.05) is 6.61 Å². The van der Waals surface area contributed by atoms with Crippen molar-refractivity contribution in [3.8, 4) is 0 Å². The van der Waals surface area contributed by atoms with Gasteiger partial charge in [0.1, 0.15) is 7.85 Å². The van der Waals surface area contributed by atoms with E-state index in [2.05, 4.69) is 38.7 Å². The van der Waals surface area contributed by atoms with Gasteiger partial charge in [-0.2, -0.15) is 0 Å². The Morgan fingerprint density at radius 2 is 1.76 bits per heavy atom. The fourth-order valence-electron chi connectivity index (χ4n) is 1.75. The second-order valence-corrected chi connectivity index (χ2v) is 4.41. The number of benzene rings is 1. The summed E-state index contributed by atoms with van der Waals surface area (Å²) in [6.07, 6.45) is 8.33. The van der Waals surface area contributed by atoms with E-state index in [1.807, 2.05) is 6.08 Å². The summed E-state index contributed by atoms with van der Waals surface area (Å²) in [5.41, 5.74) is 2.40. The standard InChI is InChI=1S/C15H23BO/c1-2-14-7-9-15(10-8-14)13-17-12-6-4-3-5-11-16/h2,7-10H,1,3-6,11-13,16H2. The van der Waals surface area contributed by atoms with E-state index in [4.69, 9.17) is 4.74 Å². The lowest BCUT2D eigenvalue weighted by molar-refractivity contribution is 0.117. The summed E-state index contributed by atoms with van der Waals surface area (Å²) in [7, 11) is 2.24. The van der Waals surface area contributed by atoms with Crippen LogP contribution in [0, 0.1) is 0 Å². The normalized spacial score (nSPS) is 10.4. The average molecular weight is 230 g/mol. The molecule has 0 aromatic heterocycles. The summed E-state index contributed by atoms with van der Waals surface area (Å²) in [5, 5.41) is 0. The van der Waals surface area contributed by atoms with Crippen LogP contribution in [-0.4, -0.2) is 14.5 Å². The molecule has 0 aliphatic rings. The van der Waals surface area contributed by atoms with Gasteiger partial charge in [-0.1, -0.05) is 62.5 Å². The van der Waals surface area contributed by atoms with Gasteiger partial charge in [0, 0.05) is 6.61 Å². The van der Waals surface area contributed by atoms with Crippen molar-refractivity contribution in [2.45, 2.75) is 38.6 Å². The second kappa shape index (κ2) is 9.06. The highest BCUT2D eigenvalue weighted by Crippen LogP contribution is 2.07. The van der Waals surface area contributed by atoms with Gasteiger partial charge in [0.2, 0.25) is 0 Å². The molecular formula is C15H23BO. The topological polar surface area (TPSA) is 9.23 Å². The maximum Gasteiger partial charge on any atom is 0.101 e. The highest BCUT2D eigenvalue weighted by molar-refractivity contribution is 6.08. The molecule has 1 aromatic rings. The number of rotatable bonds is 9. The number of unbranched alkanes of at least 4 members (excludes halogenated alkanes) is 3. The van der Waals surface area contributed by atoms with Gasteiger partial charge in [-0.25, -0.2) is 0 Å². The summed E-state index contributed by atoms with van der Waals surface area (Å²) in [4.78, 5) is 0. The molecule has 0 fully saturated rings. The van der Waals surface area contributed by atoms with E-state index in [1.54, 1.807) is 0 Å². The Kier molecular flexibility index (Phi) is 7.49. The molecule has 0 saturated carbocycles. The highest BCUT2D eigenvalue weighted by atomic mass is 16.5. The van der Waals surface area contributed by atoms with E-state index >= 15 is 0 Å². The van der Waals surface area contributed by atoms with Crippen molar-refractivity contribution in [3.05, 3.63) is 42.0 Å². The monoisotopic (exact) mass is 230 g/mol. The Bertz CT molecular complexity index is 305. The molecule has 0 atom stereocenters. The third kappa shape index (κ3) is 6.33. The first-order chi connectivity index (χ1) is 8.36. The van der Waals surface area contributed by atoms with Gasteiger partial charge in [-0.3, -0.25) is 0 Å². The Morgan fingerprint density at radius 3 is 2.41 bits per heavy atom. The smallest absolute Gasteiger partial charge is 0.101 e. The Morgan fingerprint density at radius 1 is 1.06 bits per heavy atom. The largest absolute Gasteiger partial charge is 0.377 e. The van der Waals surface area contributed by atoms with Crippen LogP contribution in [0.2, 0.25) is 6.32 Å². The fraction of sp³-hybridized carbons (Fsp3) is 0.467. The summed E-state index contributed by atoms with van der Waals surface area (Å²) >= 11 is 0. The molecule has 0 saturated heterocycles. The molecule has 0 amide bonds. The van der Waals surface area contributed by atoms with E-state index in [0.717, 1.165) is 18.8 Å². The average Bonchev–Trinajstić information content (AvgIpc) is 2.38. The Balaban J connectivity index is 2.07. The molecular weight excluding hydrogens is 207 g/mol. The van der Waals surface area contributed by atoms with Gasteiger partial charge < -0.3 is 4.74 Å². The molecule has 0 heterocycles. The molecule has 0 bridgehead atoms. The minimum atomic E-state index is 0.727. The van der Waals surface area contributed by atoms with Gasteiger partial charge in [0.05, 0.1) is 6.61 Å². The Hall–Kier alpha value is -1.02. The number of ether oxygens (including phenoxy) is 1. The molecule has 92 valence electrons. The first-order valence-corrected chi connectivity index (χ1v) is 6.66. The van der Waals surface area contributed by atoms with Crippen molar-refractivity contribution in [1.29, 1.82) is 0 Å². The van der Waals surface area contributed by atoms with Crippen molar-refractivity contribution >= 4 is 13.9 Å². The molecule has 17 heavy (non-hydrogen) atoms. The van der Waals surface area contributed by atoms with Crippen LogP contribution in [0.5, 0.6) is 0 Å². The third-order valence-electron chi connectivity index (χ3n) is 2.88. The predicted molar refractivity (Wildman–Crippen MR) is 78.0 cm³/mol. The van der Waals surface area contributed by atoms with E-state index in [1.165, 1.54) is 37.6 Å². The van der Waals surface area contributed by atoms with E-state index in [9.17, 15) is 0 Å². The summed E-state index contributed by atoms with van der Waals surface area (Å²) in [5.74, 6) is 0. The zero-order valence-electron chi connectivity index (χ0n) is 11.0. The molecule has 0 N–H and O–H groups in total. The summed E-state index contributed by atoms with van der Waals surface area (Å²) in [6, 6.07) is 8.36. The van der Waals surface area contributed by atoms with Crippen molar-refractivity contribution < 1.29 is 4.74 Å². The highest BCUT2D eigenvalue weighted by Gasteiger charge is 1.94. The lowest BCUT2D eigenvalue weighted by Gasteiger charge is -2.04. The lowest BCUT2D eigenvalue weighted by Crippen LogP contribution is -1.95. The van der Waals surface area contributed by atoms with Crippen molar-refractivity contribution in [3.63, 3.8) is 0 Å². The van der Waals surface area contributed by atoms with Crippen LogP contribution < -0.4 is 0 Å². The van der Waals surface area contributed by atoms with Gasteiger partial charge in [-0.05, 0) is 17.5 Å². The van der Waals surface area contributed by atoms with Crippen molar-refractivity contribution in [1.82, 2.24) is 0 Å². The maximum atomic E-state index is 5.65. The summed E-state index contributed by atoms with van der Waals surface area (Å²) < 4.78 is 5.65. The van der Waals surface area contributed by atoms with Crippen LogP contribution >= 0.6 is 0 Å². The minimum absolute atomic E-state index is 0.727. The fourth-order valence-corrected chi connectivity index (χ4v) is 1.75. The molecule has 0 radical (unpaired) electrons. The molecule has 0 aliphatic heterocycles. The second-order valence-electron chi connectivity index (χ2n) is 4.41. The number of hydrogen-bond donors (Lipinski definition) is 0. The SMILES string of the molecule is BCCCCCCOCc1ccc(C=C)cc1. The van der Waals surface area contributed by atoms with Crippen LogP contribution in [0.15, 0.2) is 30.8 Å². The first-order valence-electron chi connectivity index (χ1n) is 6.66. The van der Waals surface area contributed by atoms with Crippen molar-refractivity contribution in [2.24, 2.45) is 0 Å². The third-order valence-corrected chi connectivity index (χ3v) is 2.88. The van der Waals surface area contributed by atoms with Gasteiger partial charge in [0.25, 0.3) is 0 Å². The molecule has 2 heteroatoms. The first kappa shape index (κ1) is 14.0. The molecule has 1 rings (SSSR count). The van der Waals surface area contributed by atoms with Crippen LogP contribution in [-0.2, 0) is 11.3 Å². The van der Waals surface area contributed by atoms with Gasteiger partial charge in [0.15, 0.2) is 0 Å². The maximum absolute atomic E-state index is 5.65. The zero-order valence-corrected chi connectivity index (χ0v) is 11.0. The van der Waals surface area contributed by atoms with Crippen LogP contribution in [0.3, 0.4) is 0 Å². The predicted octanol–water partition coefficient (Wildman–Crippen LogP) is 3.46. The van der Waals surface area contributed by atoms with E-state index < -0.39 is 0 Å². The summed E-state index contributed by atoms with van der Waals surface area (Å²) in [6.45, 7) is 5.35. The number of hydrogen-bond acceptors (Lipinski definition) is 1. The molecule has 0 aliphatic carbocycles. The quantitative estimate of drug-likeness (QED) is 0.466. The van der Waals surface area contributed by atoms with Crippen LogP contribution in [0.25, 0.3) is 6.08 Å². The molecule has 0 unspecified atom stereocenters. The van der Waals surface area contributed by atoms with Crippen LogP contribution in [0.4, 0.5) is 0 Å². The minimum Gasteiger partial charge on any atom is -0.377 e. The Labute approximate surface area is 106 Å². The molecule has 0 spiro atoms. The molecule has 1 nitrogen and oxygen atoms in total. The van der Waals surface area contributed by atoms with Crippen LogP contribution in [0.1, 0.15) is 36.8 Å². The van der Waals surface area contributed by atoms with Gasteiger partial charge >= 0.3 is 0 Å². The van der Waals surface area contributed by atoms with Gasteiger partial charge in [-0.15, -0.1) is 0 Å².